The lowest BCUT2D eigenvalue weighted by Crippen LogP contribution is -2.40. The third-order valence-corrected chi connectivity index (χ3v) is 4.20. The van der Waals surface area contributed by atoms with Gasteiger partial charge in [0.25, 0.3) is 5.91 Å². The van der Waals surface area contributed by atoms with Gasteiger partial charge in [-0.1, -0.05) is 18.2 Å². The van der Waals surface area contributed by atoms with E-state index in [-0.39, 0.29) is 11.8 Å². The number of nitrogens with one attached hydrogen (secondary N) is 1. The minimum atomic E-state index is -0.493. The van der Waals surface area contributed by atoms with E-state index in [1.165, 1.54) is 0 Å². The summed E-state index contributed by atoms with van der Waals surface area (Å²) in [6.07, 6.45) is 1.37. The summed E-state index contributed by atoms with van der Waals surface area (Å²) in [5, 5.41) is 2.68. The van der Waals surface area contributed by atoms with Gasteiger partial charge in [0, 0.05) is 25.7 Å². The molecule has 2 amide bonds. The predicted octanol–water partition coefficient (Wildman–Crippen LogP) is 0.786. The molecule has 0 bridgehead atoms. The first-order valence-electron chi connectivity index (χ1n) is 7.31. The van der Waals surface area contributed by atoms with Crippen LogP contribution in [0.5, 0.6) is 0 Å². The van der Waals surface area contributed by atoms with Crippen LogP contribution in [0.2, 0.25) is 0 Å². The van der Waals surface area contributed by atoms with Gasteiger partial charge in [-0.3, -0.25) is 9.59 Å². The summed E-state index contributed by atoms with van der Waals surface area (Å²) in [5.74, 6) is -0.0141. The molecule has 1 fully saturated rings. The van der Waals surface area contributed by atoms with Crippen molar-refractivity contribution in [3.8, 4) is 0 Å². The minimum Gasteiger partial charge on any atom is -0.359 e. The number of likely N-dealkylation sites (tertiary alicyclic amines) is 1. The van der Waals surface area contributed by atoms with Crippen LogP contribution in [-0.2, 0) is 11.2 Å². The van der Waals surface area contributed by atoms with Gasteiger partial charge in [0.1, 0.15) is 0 Å². The zero-order valence-corrected chi connectivity index (χ0v) is 12.7. The van der Waals surface area contributed by atoms with Crippen molar-refractivity contribution in [3.63, 3.8) is 0 Å². The number of hydrogen-bond acceptors (Lipinski definition) is 3. The van der Waals surface area contributed by atoms with E-state index in [9.17, 15) is 9.59 Å². The maximum absolute atomic E-state index is 12.7. The van der Waals surface area contributed by atoms with Gasteiger partial charge in [-0.2, -0.15) is 0 Å². The van der Waals surface area contributed by atoms with E-state index in [1.807, 2.05) is 31.2 Å². The molecule has 0 aromatic heterocycles. The summed E-state index contributed by atoms with van der Waals surface area (Å²) in [4.78, 5) is 26.4. The molecular formula is C16H23N3O2. The van der Waals surface area contributed by atoms with Gasteiger partial charge in [0.05, 0.1) is 5.41 Å². The van der Waals surface area contributed by atoms with Gasteiger partial charge in [-0.15, -0.1) is 0 Å². The lowest BCUT2D eigenvalue weighted by molar-refractivity contribution is -0.128. The van der Waals surface area contributed by atoms with Crippen molar-refractivity contribution >= 4 is 11.8 Å². The fraction of sp³-hybridized carbons (Fsp3) is 0.500. The number of carbonyl (C=O) groups excluding carboxylic acids is 2. The Bertz CT molecular complexity index is 544. The number of amides is 2. The molecule has 2 rings (SSSR count). The average molecular weight is 289 g/mol. The molecule has 114 valence electrons. The normalized spacial score (nSPS) is 21.4. The molecule has 1 atom stereocenters. The van der Waals surface area contributed by atoms with Gasteiger partial charge in [-0.25, -0.2) is 0 Å². The lowest BCUT2D eigenvalue weighted by Gasteiger charge is -2.23. The molecule has 3 N–H and O–H groups in total. The number of hydrogen-bond donors (Lipinski definition) is 2. The average Bonchev–Trinajstić information content (AvgIpc) is 2.90. The fourth-order valence-corrected chi connectivity index (χ4v) is 2.89. The highest BCUT2D eigenvalue weighted by molar-refractivity contribution is 5.96. The Balaban J connectivity index is 2.17. The Labute approximate surface area is 125 Å². The van der Waals surface area contributed by atoms with E-state index in [0.29, 0.717) is 38.0 Å². The maximum Gasteiger partial charge on any atom is 0.254 e. The second kappa shape index (κ2) is 6.26. The van der Waals surface area contributed by atoms with Gasteiger partial charge >= 0.3 is 0 Å². The summed E-state index contributed by atoms with van der Waals surface area (Å²) in [6.45, 7) is 3.49. The zero-order valence-electron chi connectivity index (χ0n) is 12.7. The van der Waals surface area contributed by atoms with E-state index in [0.717, 1.165) is 5.56 Å². The molecule has 5 nitrogen and oxygen atoms in total. The van der Waals surface area contributed by atoms with Crippen molar-refractivity contribution in [2.75, 3.05) is 26.7 Å². The Morgan fingerprint density at radius 3 is 2.76 bits per heavy atom. The second-order valence-electron chi connectivity index (χ2n) is 5.81. The summed E-state index contributed by atoms with van der Waals surface area (Å²) in [5.41, 5.74) is 6.78. The maximum atomic E-state index is 12.7. The summed E-state index contributed by atoms with van der Waals surface area (Å²) in [7, 11) is 1.63. The van der Waals surface area contributed by atoms with Crippen LogP contribution in [0.15, 0.2) is 24.3 Å². The van der Waals surface area contributed by atoms with Crippen LogP contribution in [0.4, 0.5) is 0 Å². The molecule has 1 saturated heterocycles. The molecule has 1 aliphatic rings. The van der Waals surface area contributed by atoms with Crippen LogP contribution < -0.4 is 11.1 Å². The van der Waals surface area contributed by atoms with Crippen molar-refractivity contribution < 1.29 is 9.59 Å². The van der Waals surface area contributed by atoms with Gasteiger partial charge in [-0.05, 0) is 37.9 Å². The molecule has 1 aromatic rings. The second-order valence-corrected chi connectivity index (χ2v) is 5.81. The number of rotatable bonds is 4. The molecule has 21 heavy (non-hydrogen) atoms. The van der Waals surface area contributed by atoms with Crippen molar-refractivity contribution in [1.29, 1.82) is 0 Å². The van der Waals surface area contributed by atoms with Crippen LogP contribution in [0.1, 0.15) is 29.3 Å². The van der Waals surface area contributed by atoms with Crippen molar-refractivity contribution in [2.24, 2.45) is 11.1 Å². The molecule has 1 unspecified atom stereocenters. The number of nitrogens with two attached hydrogens (primary N) is 1. The first-order valence-corrected chi connectivity index (χ1v) is 7.31. The Kier molecular flexibility index (Phi) is 4.63. The molecule has 1 aromatic carbocycles. The van der Waals surface area contributed by atoms with Crippen molar-refractivity contribution in [2.45, 2.75) is 19.8 Å². The third-order valence-electron chi connectivity index (χ3n) is 4.20. The zero-order chi connectivity index (χ0) is 15.5. The molecule has 1 heterocycles. The van der Waals surface area contributed by atoms with Crippen LogP contribution in [0.25, 0.3) is 0 Å². The van der Waals surface area contributed by atoms with Crippen LogP contribution in [0.3, 0.4) is 0 Å². The smallest absolute Gasteiger partial charge is 0.254 e. The third kappa shape index (κ3) is 3.08. The highest BCUT2D eigenvalue weighted by atomic mass is 16.2. The van der Waals surface area contributed by atoms with Crippen LogP contribution >= 0.6 is 0 Å². The van der Waals surface area contributed by atoms with Gasteiger partial charge in [0.15, 0.2) is 0 Å². The number of benzene rings is 1. The number of carbonyl (C=O) groups is 2. The Hall–Kier alpha value is -1.88. The molecule has 1 aliphatic heterocycles. The molecule has 0 saturated carbocycles. The van der Waals surface area contributed by atoms with Crippen LogP contribution in [-0.4, -0.2) is 43.4 Å². The molecule has 5 heteroatoms. The highest BCUT2D eigenvalue weighted by Crippen LogP contribution is 2.31. The fourth-order valence-electron chi connectivity index (χ4n) is 2.89. The summed E-state index contributed by atoms with van der Waals surface area (Å²) < 4.78 is 0. The molecular weight excluding hydrogens is 266 g/mol. The Morgan fingerprint density at radius 2 is 2.10 bits per heavy atom. The largest absolute Gasteiger partial charge is 0.359 e. The highest BCUT2D eigenvalue weighted by Gasteiger charge is 2.41. The predicted molar refractivity (Wildman–Crippen MR) is 81.9 cm³/mol. The van der Waals surface area contributed by atoms with E-state index >= 15 is 0 Å². The van der Waals surface area contributed by atoms with E-state index < -0.39 is 5.41 Å². The quantitative estimate of drug-likeness (QED) is 0.860. The monoisotopic (exact) mass is 289 g/mol. The van der Waals surface area contributed by atoms with E-state index in [1.54, 1.807) is 11.9 Å². The summed E-state index contributed by atoms with van der Waals surface area (Å²) >= 11 is 0. The number of nitrogens with zero attached hydrogens (tertiary/aromatic N) is 1. The molecule has 0 radical (unpaired) electrons. The van der Waals surface area contributed by atoms with Crippen molar-refractivity contribution in [1.82, 2.24) is 10.2 Å². The van der Waals surface area contributed by atoms with Crippen molar-refractivity contribution in [3.05, 3.63) is 35.4 Å². The SMILES string of the molecule is CNC(=O)C1(C)CCN(C(=O)c2ccccc2CCN)C1. The van der Waals surface area contributed by atoms with E-state index in [4.69, 9.17) is 5.73 Å². The minimum absolute atomic E-state index is 0.00644. The van der Waals surface area contributed by atoms with E-state index in [2.05, 4.69) is 5.32 Å². The first-order chi connectivity index (χ1) is 10.0. The molecule has 0 aliphatic carbocycles. The summed E-state index contributed by atoms with van der Waals surface area (Å²) in [6, 6.07) is 7.55. The van der Waals surface area contributed by atoms with Gasteiger partial charge < -0.3 is 16.0 Å². The molecule has 0 spiro atoms. The Morgan fingerprint density at radius 1 is 1.38 bits per heavy atom. The van der Waals surface area contributed by atoms with Crippen LogP contribution in [0, 0.1) is 5.41 Å². The first kappa shape index (κ1) is 15.5. The lowest BCUT2D eigenvalue weighted by atomic mass is 9.89. The topological polar surface area (TPSA) is 75.4 Å². The van der Waals surface area contributed by atoms with Gasteiger partial charge in [0.2, 0.25) is 5.91 Å². The standard InChI is InChI=1S/C16H23N3O2/c1-16(15(21)18-2)8-10-19(11-16)14(20)13-6-4-3-5-12(13)7-9-17/h3-6H,7-11,17H2,1-2H3,(H,18,21).